The highest BCUT2D eigenvalue weighted by atomic mass is 16.5. The van der Waals surface area contributed by atoms with E-state index in [1.807, 2.05) is 12.1 Å². The van der Waals surface area contributed by atoms with Crippen molar-refractivity contribution < 1.29 is 9.84 Å². The second-order valence-corrected chi connectivity index (χ2v) is 7.29. The summed E-state index contributed by atoms with van der Waals surface area (Å²) in [5.74, 6) is 1.66. The number of ether oxygens (including phenoxy) is 1. The fraction of sp³-hybridized carbons (Fsp3) is 0.524. The summed E-state index contributed by atoms with van der Waals surface area (Å²) in [5.41, 5.74) is 3.17. The second kappa shape index (κ2) is 6.43. The molecule has 1 aromatic rings. The zero-order chi connectivity index (χ0) is 16.4. The van der Waals surface area contributed by atoms with E-state index in [9.17, 15) is 5.11 Å². The van der Waals surface area contributed by atoms with Crippen molar-refractivity contribution in [1.82, 2.24) is 0 Å². The van der Waals surface area contributed by atoms with Crippen molar-refractivity contribution in [2.24, 2.45) is 5.92 Å². The topological polar surface area (TPSA) is 29.5 Å². The second-order valence-electron chi connectivity index (χ2n) is 7.29. The first-order valence-corrected chi connectivity index (χ1v) is 8.91. The molecule has 0 saturated heterocycles. The molecule has 2 atom stereocenters. The fourth-order valence-electron chi connectivity index (χ4n) is 3.72. The number of phenols is 1. The van der Waals surface area contributed by atoms with Gasteiger partial charge in [0.1, 0.15) is 17.1 Å². The summed E-state index contributed by atoms with van der Waals surface area (Å²) in [6, 6.07) is 4.02. The molecule has 0 radical (unpaired) electrons. The minimum Gasteiger partial charge on any atom is -0.507 e. The molecule has 2 aliphatic rings. The van der Waals surface area contributed by atoms with Crippen molar-refractivity contribution in [2.75, 3.05) is 0 Å². The Morgan fingerprint density at radius 2 is 2.13 bits per heavy atom. The van der Waals surface area contributed by atoms with Crippen LogP contribution >= 0.6 is 0 Å². The van der Waals surface area contributed by atoms with E-state index in [-0.39, 0.29) is 5.60 Å². The summed E-state index contributed by atoms with van der Waals surface area (Å²) in [4.78, 5) is 0. The normalized spacial score (nSPS) is 25.9. The van der Waals surface area contributed by atoms with Crippen LogP contribution in [0.15, 0.2) is 29.9 Å². The van der Waals surface area contributed by atoms with E-state index in [1.165, 1.54) is 24.0 Å². The molecule has 0 bridgehead atoms. The van der Waals surface area contributed by atoms with Crippen molar-refractivity contribution in [2.45, 2.75) is 64.9 Å². The van der Waals surface area contributed by atoms with Gasteiger partial charge in [-0.05, 0) is 69.4 Å². The Balaban J connectivity index is 1.81. The number of hydrogen-bond donors (Lipinski definition) is 1. The Kier molecular flexibility index (Phi) is 4.52. The van der Waals surface area contributed by atoms with Gasteiger partial charge >= 0.3 is 0 Å². The van der Waals surface area contributed by atoms with Crippen LogP contribution in [0.5, 0.6) is 11.5 Å². The van der Waals surface area contributed by atoms with E-state index >= 15 is 0 Å². The van der Waals surface area contributed by atoms with Gasteiger partial charge in [-0.15, -0.1) is 0 Å². The number of hydrogen-bond acceptors (Lipinski definition) is 2. The van der Waals surface area contributed by atoms with Crippen LogP contribution in [-0.4, -0.2) is 10.7 Å². The third-order valence-corrected chi connectivity index (χ3v) is 5.29. The van der Waals surface area contributed by atoms with Crippen LogP contribution in [0.4, 0.5) is 0 Å². The highest BCUT2D eigenvalue weighted by Gasteiger charge is 2.38. The average molecular weight is 312 g/mol. The molecule has 0 fully saturated rings. The number of unbranched alkanes of at least 4 members (excludes halogenated alkanes) is 2. The standard InChI is InChI=1S/C21H28O2/c1-4-5-6-7-16-13-19(22)18-10-11-21(3,23-20(18)14-16)17-9-8-15(2)12-17/h8,10-11,13-14,17,22H,4-7,9,12H2,1-3H3. The van der Waals surface area contributed by atoms with Crippen molar-refractivity contribution in [3.8, 4) is 11.5 Å². The van der Waals surface area contributed by atoms with E-state index in [0.29, 0.717) is 11.7 Å². The van der Waals surface area contributed by atoms with Crippen LogP contribution < -0.4 is 4.74 Å². The van der Waals surface area contributed by atoms with E-state index in [0.717, 1.165) is 37.0 Å². The molecule has 0 amide bonds. The molecule has 0 aromatic heterocycles. The van der Waals surface area contributed by atoms with Crippen LogP contribution in [-0.2, 0) is 6.42 Å². The van der Waals surface area contributed by atoms with E-state index < -0.39 is 0 Å². The lowest BCUT2D eigenvalue weighted by Gasteiger charge is -2.37. The predicted molar refractivity (Wildman–Crippen MR) is 95.9 cm³/mol. The van der Waals surface area contributed by atoms with Gasteiger partial charge in [-0.3, -0.25) is 0 Å². The Hall–Kier alpha value is -1.70. The summed E-state index contributed by atoms with van der Waals surface area (Å²) < 4.78 is 6.40. The number of fused-ring (bicyclic) bond motifs is 1. The molecule has 23 heavy (non-hydrogen) atoms. The molecular formula is C21H28O2. The lowest BCUT2D eigenvalue weighted by atomic mass is 9.83. The van der Waals surface area contributed by atoms with Gasteiger partial charge in [0.2, 0.25) is 0 Å². The molecule has 124 valence electrons. The summed E-state index contributed by atoms with van der Waals surface area (Å²) in [5, 5.41) is 10.3. The highest BCUT2D eigenvalue weighted by molar-refractivity contribution is 5.68. The Morgan fingerprint density at radius 3 is 2.83 bits per heavy atom. The summed E-state index contributed by atoms with van der Waals surface area (Å²) in [7, 11) is 0. The number of rotatable bonds is 5. The number of allylic oxidation sites excluding steroid dienone is 2. The van der Waals surface area contributed by atoms with Crippen molar-refractivity contribution in [1.29, 1.82) is 0 Å². The van der Waals surface area contributed by atoms with Gasteiger partial charge in [0.15, 0.2) is 0 Å². The van der Waals surface area contributed by atoms with Crippen molar-refractivity contribution >= 4 is 6.08 Å². The largest absolute Gasteiger partial charge is 0.507 e. The van der Waals surface area contributed by atoms with Crippen LogP contribution in [0, 0.1) is 5.92 Å². The van der Waals surface area contributed by atoms with Crippen LogP contribution in [0.2, 0.25) is 0 Å². The molecule has 2 unspecified atom stereocenters. The lowest BCUT2D eigenvalue weighted by Crippen LogP contribution is -2.39. The summed E-state index contributed by atoms with van der Waals surface area (Å²) >= 11 is 0. The smallest absolute Gasteiger partial charge is 0.131 e. The lowest BCUT2D eigenvalue weighted by molar-refractivity contribution is 0.0749. The molecule has 1 aliphatic carbocycles. The van der Waals surface area contributed by atoms with Crippen LogP contribution in [0.25, 0.3) is 6.08 Å². The molecule has 2 nitrogen and oxygen atoms in total. The Morgan fingerprint density at radius 1 is 1.30 bits per heavy atom. The molecule has 1 aliphatic heterocycles. The first kappa shape index (κ1) is 16.2. The van der Waals surface area contributed by atoms with E-state index in [2.05, 4.69) is 39.0 Å². The first-order chi connectivity index (χ1) is 11.0. The third-order valence-electron chi connectivity index (χ3n) is 5.29. The zero-order valence-electron chi connectivity index (χ0n) is 14.6. The molecule has 0 saturated carbocycles. The van der Waals surface area contributed by atoms with Gasteiger partial charge < -0.3 is 9.84 Å². The molecule has 0 spiro atoms. The fourth-order valence-corrected chi connectivity index (χ4v) is 3.72. The number of aryl methyl sites for hydroxylation is 1. The maximum absolute atomic E-state index is 10.3. The number of phenolic OH excluding ortho intramolecular Hbond substituents is 1. The summed E-state index contributed by atoms with van der Waals surface area (Å²) in [6.07, 6.45) is 13.3. The van der Waals surface area contributed by atoms with E-state index in [4.69, 9.17) is 4.74 Å². The SMILES string of the molecule is CCCCCc1cc(O)c2c(c1)OC(C)(C1CC=C(C)C1)C=C2. The Labute approximate surface area is 139 Å². The molecule has 3 rings (SSSR count). The molecule has 1 heterocycles. The van der Waals surface area contributed by atoms with Crippen molar-refractivity contribution in [3.05, 3.63) is 41.0 Å². The maximum atomic E-state index is 10.3. The van der Waals surface area contributed by atoms with Crippen molar-refractivity contribution in [3.63, 3.8) is 0 Å². The molecule has 1 N–H and O–H groups in total. The van der Waals surface area contributed by atoms with Gasteiger partial charge in [0, 0.05) is 5.92 Å². The number of aromatic hydroxyl groups is 1. The summed E-state index contributed by atoms with van der Waals surface area (Å²) in [6.45, 7) is 6.58. The van der Waals surface area contributed by atoms with Gasteiger partial charge in [-0.25, -0.2) is 0 Å². The highest BCUT2D eigenvalue weighted by Crippen LogP contribution is 2.44. The molecule has 2 heteroatoms. The van der Waals surface area contributed by atoms with Gasteiger partial charge in [0.05, 0.1) is 5.56 Å². The maximum Gasteiger partial charge on any atom is 0.131 e. The van der Waals surface area contributed by atoms with Gasteiger partial charge in [-0.1, -0.05) is 31.4 Å². The van der Waals surface area contributed by atoms with Crippen LogP contribution in [0.1, 0.15) is 64.0 Å². The van der Waals surface area contributed by atoms with Gasteiger partial charge in [-0.2, -0.15) is 0 Å². The molecular weight excluding hydrogens is 284 g/mol. The molecule has 1 aromatic carbocycles. The monoisotopic (exact) mass is 312 g/mol. The average Bonchev–Trinajstić information content (AvgIpc) is 2.94. The number of benzene rings is 1. The third kappa shape index (κ3) is 3.31. The minimum absolute atomic E-state index is 0.282. The first-order valence-electron chi connectivity index (χ1n) is 8.91. The Bertz CT molecular complexity index is 641. The van der Waals surface area contributed by atoms with Crippen LogP contribution in [0.3, 0.4) is 0 Å². The van der Waals surface area contributed by atoms with E-state index in [1.54, 1.807) is 0 Å². The minimum atomic E-state index is -0.282. The quantitative estimate of drug-likeness (QED) is 0.562. The zero-order valence-corrected chi connectivity index (χ0v) is 14.6. The van der Waals surface area contributed by atoms with Gasteiger partial charge in [0.25, 0.3) is 0 Å². The predicted octanol–water partition coefficient (Wildman–Crippen LogP) is 5.65.